The van der Waals surface area contributed by atoms with E-state index in [1.807, 2.05) is 11.0 Å². The Morgan fingerprint density at radius 2 is 1.68 bits per heavy atom. The largest absolute Gasteiger partial charge is 0.362 e. The number of anilines is 2. The number of nitro groups is 1. The second-order valence-electron chi connectivity index (χ2n) is 6.50. The van der Waals surface area contributed by atoms with Gasteiger partial charge in [0.25, 0.3) is 5.69 Å². The first-order valence-electron chi connectivity index (χ1n) is 8.90. The molecule has 0 unspecified atom stereocenters. The summed E-state index contributed by atoms with van der Waals surface area (Å²) in [6.07, 6.45) is 0.619. The van der Waals surface area contributed by atoms with Gasteiger partial charge in [-0.1, -0.05) is 35.6 Å². The predicted molar refractivity (Wildman–Crippen MR) is 107 cm³/mol. The summed E-state index contributed by atoms with van der Waals surface area (Å²) >= 11 is 1.53. The van der Waals surface area contributed by atoms with Crippen molar-refractivity contribution in [2.45, 2.75) is 6.42 Å². The molecule has 0 spiro atoms. The highest BCUT2D eigenvalue weighted by atomic mass is 32.1. The maximum absolute atomic E-state index is 13.0. The van der Waals surface area contributed by atoms with Gasteiger partial charge in [0.2, 0.25) is 5.13 Å². The van der Waals surface area contributed by atoms with Gasteiger partial charge in [0.05, 0.1) is 4.92 Å². The second-order valence-corrected chi connectivity index (χ2v) is 7.54. The smallest absolute Gasteiger partial charge is 0.292 e. The van der Waals surface area contributed by atoms with Gasteiger partial charge >= 0.3 is 0 Å². The molecule has 144 valence electrons. The zero-order valence-corrected chi connectivity index (χ0v) is 15.8. The predicted octanol–water partition coefficient (Wildman–Crippen LogP) is 3.50. The van der Waals surface area contributed by atoms with E-state index in [0.29, 0.717) is 25.2 Å². The highest BCUT2D eigenvalue weighted by Gasteiger charge is 2.24. The highest BCUT2D eigenvalue weighted by molar-refractivity contribution is 7.15. The number of hydrogen-bond donors (Lipinski definition) is 0. The van der Waals surface area contributed by atoms with Crippen LogP contribution in [0.3, 0.4) is 0 Å². The highest BCUT2D eigenvalue weighted by Crippen LogP contribution is 2.30. The third-order valence-corrected chi connectivity index (χ3v) is 5.68. The van der Waals surface area contributed by atoms with Crippen LogP contribution in [0.2, 0.25) is 0 Å². The maximum Gasteiger partial charge on any atom is 0.292 e. The van der Waals surface area contributed by atoms with E-state index >= 15 is 0 Å². The minimum absolute atomic E-state index is 0.133. The minimum Gasteiger partial charge on any atom is -0.362 e. The fourth-order valence-corrected chi connectivity index (χ4v) is 4.17. The van der Waals surface area contributed by atoms with Gasteiger partial charge in [-0.15, -0.1) is 10.2 Å². The van der Waals surface area contributed by atoms with Crippen LogP contribution in [0, 0.1) is 15.9 Å². The lowest BCUT2D eigenvalue weighted by atomic mass is 10.2. The van der Waals surface area contributed by atoms with Crippen molar-refractivity contribution in [2.24, 2.45) is 0 Å². The van der Waals surface area contributed by atoms with Gasteiger partial charge < -0.3 is 9.80 Å². The molecule has 1 saturated heterocycles. The average molecular weight is 399 g/mol. The van der Waals surface area contributed by atoms with Crippen LogP contribution in [0.5, 0.6) is 0 Å². The van der Waals surface area contributed by atoms with E-state index in [9.17, 15) is 14.5 Å². The van der Waals surface area contributed by atoms with E-state index in [1.165, 1.54) is 29.5 Å². The summed E-state index contributed by atoms with van der Waals surface area (Å²) in [6.45, 7) is 2.80. The molecule has 0 atom stereocenters. The third kappa shape index (κ3) is 3.94. The molecule has 1 aliphatic heterocycles. The molecule has 9 heteroatoms. The van der Waals surface area contributed by atoms with Crippen LogP contribution in [0.1, 0.15) is 10.6 Å². The molecule has 0 N–H and O–H groups in total. The number of nitrogens with zero attached hydrogens (tertiary/aromatic N) is 5. The Morgan fingerprint density at radius 3 is 2.39 bits per heavy atom. The molecular weight excluding hydrogens is 381 g/mol. The summed E-state index contributed by atoms with van der Waals surface area (Å²) in [4.78, 5) is 15.1. The molecule has 0 bridgehead atoms. The summed E-state index contributed by atoms with van der Waals surface area (Å²) in [5, 5.41) is 21.5. The molecule has 2 aromatic carbocycles. The van der Waals surface area contributed by atoms with Crippen LogP contribution >= 0.6 is 11.3 Å². The van der Waals surface area contributed by atoms with Crippen molar-refractivity contribution in [2.75, 3.05) is 36.0 Å². The molecule has 4 rings (SSSR count). The molecule has 0 amide bonds. The molecular formula is C19H18FN5O2S. The molecule has 0 radical (unpaired) electrons. The monoisotopic (exact) mass is 399 g/mol. The lowest BCUT2D eigenvalue weighted by molar-refractivity contribution is -0.384. The number of aromatic nitrogens is 2. The van der Waals surface area contributed by atoms with Crippen molar-refractivity contribution in [1.29, 1.82) is 0 Å². The van der Waals surface area contributed by atoms with Crippen molar-refractivity contribution in [3.63, 3.8) is 0 Å². The number of nitro benzene ring substituents is 1. The Balaban J connectivity index is 1.40. The van der Waals surface area contributed by atoms with Gasteiger partial charge in [-0.25, -0.2) is 4.39 Å². The van der Waals surface area contributed by atoms with Gasteiger partial charge in [0, 0.05) is 38.7 Å². The van der Waals surface area contributed by atoms with Crippen LogP contribution in [0.4, 0.5) is 20.9 Å². The second kappa shape index (κ2) is 7.89. The Morgan fingerprint density at radius 1 is 1.00 bits per heavy atom. The Kier molecular flexibility index (Phi) is 5.16. The SMILES string of the molecule is O=[N+]([O-])c1ccccc1N1CCN(c2nnc(Cc3ccc(F)cc3)s2)CC1. The average Bonchev–Trinajstić information content (AvgIpc) is 3.18. The number of rotatable bonds is 5. The van der Waals surface area contributed by atoms with Crippen molar-refractivity contribution >= 4 is 27.8 Å². The molecule has 1 aromatic heterocycles. The topological polar surface area (TPSA) is 75.4 Å². The van der Waals surface area contributed by atoms with Gasteiger partial charge in [-0.05, 0) is 23.8 Å². The molecule has 1 fully saturated rings. The fraction of sp³-hybridized carbons (Fsp3) is 0.263. The van der Waals surface area contributed by atoms with Crippen LogP contribution in [-0.2, 0) is 6.42 Å². The molecule has 1 aliphatic rings. The summed E-state index contributed by atoms with van der Waals surface area (Å²) in [6, 6.07) is 13.2. The zero-order valence-electron chi connectivity index (χ0n) is 15.0. The Labute approximate surface area is 165 Å². The van der Waals surface area contributed by atoms with Crippen molar-refractivity contribution in [1.82, 2.24) is 10.2 Å². The van der Waals surface area contributed by atoms with E-state index in [0.717, 1.165) is 28.8 Å². The van der Waals surface area contributed by atoms with Gasteiger partial charge in [0.1, 0.15) is 16.5 Å². The van der Waals surface area contributed by atoms with Crippen LogP contribution < -0.4 is 9.80 Å². The molecule has 3 aromatic rings. The van der Waals surface area contributed by atoms with Crippen LogP contribution in [0.15, 0.2) is 48.5 Å². The first kappa shape index (κ1) is 18.3. The van der Waals surface area contributed by atoms with Gasteiger partial charge in [-0.3, -0.25) is 10.1 Å². The number of hydrogen-bond acceptors (Lipinski definition) is 7. The van der Waals surface area contributed by atoms with Crippen molar-refractivity contribution in [3.05, 3.63) is 75.0 Å². The quantitative estimate of drug-likeness (QED) is 0.483. The fourth-order valence-electron chi connectivity index (χ4n) is 3.25. The van der Waals surface area contributed by atoms with Crippen molar-refractivity contribution in [3.8, 4) is 0 Å². The van der Waals surface area contributed by atoms with E-state index in [2.05, 4.69) is 15.1 Å². The Bertz CT molecular complexity index is 970. The molecule has 0 saturated carbocycles. The molecule has 0 aliphatic carbocycles. The van der Waals surface area contributed by atoms with E-state index in [-0.39, 0.29) is 16.4 Å². The summed E-state index contributed by atoms with van der Waals surface area (Å²) in [5.41, 5.74) is 1.78. The third-order valence-electron chi connectivity index (χ3n) is 4.69. The summed E-state index contributed by atoms with van der Waals surface area (Å²) in [5.74, 6) is -0.252. The number of halogens is 1. The normalized spacial score (nSPS) is 14.3. The first-order chi connectivity index (χ1) is 13.6. The van der Waals surface area contributed by atoms with Crippen LogP contribution in [0.25, 0.3) is 0 Å². The number of piperazine rings is 1. The first-order valence-corrected chi connectivity index (χ1v) is 9.72. The standard InChI is InChI=1S/C19H18FN5O2S/c20-15-7-5-14(6-8-15)13-18-21-22-19(28-18)24-11-9-23(10-12-24)16-3-1-2-4-17(16)25(26)27/h1-8H,9-13H2. The number of para-hydroxylation sites is 2. The minimum atomic E-state index is -0.339. The summed E-state index contributed by atoms with van der Waals surface area (Å²) in [7, 11) is 0. The van der Waals surface area contributed by atoms with E-state index in [1.54, 1.807) is 24.3 Å². The van der Waals surface area contributed by atoms with Crippen molar-refractivity contribution < 1.29 is 9.31 Å². The maximum atomic E-state index is 13.0. The molecule has 28 heavy (non-hydrogen) atoms. The zero-order chi connectivity index (χ0) is 19.5. The van der Waals surface area contributed by atoms with E-state index < -0.39 is 0 Å². The van der Waals surface area contributed by atoms with Crippen LogP contribution in [-0.4, -0.2) is 41.3 Å². The molecule has 2 heterocycles. The van der Waals surface area contributed by atoms with Gasteiger partial charge in [0.15, 0.2) is 0 Å². The Hall–Kier alpha value is -3.07. The lowest BCUT2D eigenvalue weighted by Crippen LogP contribution is -2.46. The molecule has 7 nitrogen and oxygen atoms in total. The van der Waals surface area contributed by atoms with Gasteiger partial charge in [-0.2, -0.15) is 0 Å². The van der Waals surface area contributed by atoms with E-state index in [4.69, 9.17) is 0 Å². The lowest BCUT2D eigenvalue weighted by Gasteiger charge is -2.35. The number of benzene rings is 2. The summed E-state index contributed by atoms with van der Waals surface area (Å²) < 4.78 is 13.0.